The van der Waals surface area contributed by atoms with Gasteiger partial charge in [0.25, 0.3) is 11.8 Å². The molecule has 1 unspecified atom stereocenters. The summed E-state index contributed by atoms with van der Waals surface area (Å²) in [6.07, 6.45) is -0.933. The van der Waals surface area contributed by atoms with Crippen molar-refractivity contribution in [2.45, 2.75) is 58.3 Å². The second-order valence-electron chi connectivity index (χ2n) is 7.92. The zero-order valence-corrected chi connectivity index (χ0v) is 16.6. The third-order valence-corrected chi connectivity index (χ3v) is 4.47. The van der Waals surface area contributed by atoms with Gasteiger partial charge in [0.15, 0.2) is 6.10 Å². The Balaban J connectivity index is 1.86. The number of piperidine rings is 1. The minimum Gasteiger partial charge on any atom is -0.478 e. The Bertz CT molecular complexity index is 916. The van der Waals surface area contributed by atoms with Crippen LogP contribution in [0.3, 0.4) is 0 Å². The van der Waals surface area contributed by atoms with Gasteiger partial charge >= 0.3 is 5.97 Å². The highest BCUT2D eigenvalue weighted by atomic mass is 16.6. The lowest BCUT2D eigenvalue weighted by molar-refractivity contribution is -0.162. The summed E-state index contributed by atoms with van der Waals surface area (Å²) in [5.74, 6) is -3.05. The van der Waals surface area contributed by atoms with E-state index in [0.717, 1.165) is 4.90 Å². The van der Waals surface area contributed by atoms with Gasteiger partial charge in [0.05, 0.1) is 11.1 Å². The molecule has 1 N–H and O–H groups in total. The molecule has 1 saturated heterocycles. The number of amides is 4. The number of benzene rings is 1. The van der Waals surface area contributed by atoms with Crippen LogP contribution in [0.5, 0.6) is 5.75 Å². The minimum absolute atomic E-state index is 0.0161. The fourth-order valence-corrected chi connectivity index (χ4v) is 3.21. The predicted molar refractivity (Wildman–Crippen MR) is 99.0 cm³/mol. The Morgan fingerprint density at radius 2 is 1.86 bits per heavy atom. The van der Waals surface area contributed by atoms with E-state index in [4.69, 9.17) is 9.47 Å². The first-order valence-electron chi connectivity index (χ1n) is 9.23. The van der Waals surface area contributed by atoms with Gasteiger partial charge < -0.3 is 9.47 Å². The van der Waals surface area contributed by atoms with Crippen molar-refractivity contribution in [2.24, 2.45) is 0 Å². The van der Waals surface area contributed by atoms with Crippen molar-refractivity contribution in [3.05, 3.63) is 29.3 Å². The summed E-state index contributed by atoms with van der Waals surface area (Å²) in [5.41, 5.74) is -0.645. The van der Waals surface area contributed by atoms with E-state index in [2.05, 4.69) is 5.32 Å². The van der Waals surface area contributed by atoms with Crippen molar-refractivity contribution in [3.63, 3.8) is 0 Å². The smallest absolute Gasteiger partial charge is 0.347 e. The average Bonchev–Trinajstić information content (AvgIpc) is 2.86. The fraction of sp³-hybridized carbons (Fsp3) is 0.450. The topological polar surface area (TPSA) is 119 Å². The number of rotatable bonds is 4. The highest BCUT2D eigenvalue weighted by Gasteiger charge is 2.46. The molecule has 2 aliphatic rings. The number of fused-ring (bicyclic) bond motifs is 1. The predicted octanol–water partition coefficient (Wildman–Crippen LogP) is 1.20. The van der Waals surface area contributed by atoms with Crippen molar-refractivity contribution in [3.8, 4) is 5.75 Å². The highest BCUT2D eigenvalue weighted by molar-refractivity contribution is 6.24. The molecule has 4 amide bonds. The van der Waals surface area contributed by atoms with Gasteiger partial charge in [0.1, 0.15) is 17.4 Å². The molecular formula is C20H22N2O7. The van der Waals surface area contributed by atoms with Crippen LogP contribution in [0.1, 0.15) is 61.3 Å². The third kappa shape index (κ3) is 3.98. The van der Waals surface area contributed by atoms with E-state index in [9.17, 15) is 24.0 Å². The molecule has 154 valence electrons. The SMILES string of the molecule is C[C@H](Oc1cccc2c1C(=O)N(C1CCC(=O)NC1=O)C2=O)C(=O)OC(C)(C)C. The molecule has 0 bridgehead atoms. The molecule has 0 aliphatic carbocycles. The van der Waals surface area contributed by atoms with Crippen LogP contribution in [0, 0.1) is 0 Å². The molecule has 9 nitrogen and oxygen atoms in total. The van der Waals surface area contributed by atoms with Gasteiger partial charge in [-0.25, -0.2) is 4.79 Å². The van der Waals surface area contributed by atoms with Crippen LogP contribution in [0.25, 0.3) is 0 Å². The van der Waals surface area contributed by atoms with Crippen LogP contribution in [-0.2, 0) is 19.1 Å². The Hall–Kier alpha value is -3.23. The van der Waals surface area contributed by atoms with Gasteiger partial charge in [0, 0.05) is 6.42 Å². The highest BCUT2D eigenvalue weighted by Crippen LogP contribution is 2.34. The zero-order chi connectivity index (χ0) is 21.5. The number of ether oxygens (including phenoxy) is 2. The van der Waals surface area contributed by atoms with E-state index < -0.39 is 47.3 Å². The van der Waals surface area contributed by atoms with E-state index in [0.29, 0.717) is 0 Å². The lowest BCUT2D eigenvalue weighted by Crippen LogP contribution is -2.54. The lowest BCUT2D eigenvalue weighted by Gasteiger charge is -2.27. The number of nitrogens with one attached hydrogen (secondary N) is 1. The number of hydrogen-bond acceptors (Lipinski definition) is 7. The van der Waals surface area contributed by atoms with E-state index in [1.165, 1.54) is 25.1 Å². The van der Waals surface area contributed by atoms with Gasteiger partial charge in [-0.2, -0.15) is 0 Å². The maximum atomic E-state index is 13.0. The van der Waals surface area contributed by atoms with Crippen molar-refractivity contribution >= 4 is 29.6 Å². The van der Waals surface area contributed by atoms with Crippen molar-refractivity contribution in [2.75, 3.05) is 0 Å². The lowest BCUT2D eigenvalue weighted by atomic mass is 10.0. The largest absolute Gasteiger partial charge is 0.478 e. The van der Waals surface area contributed by atoms with Crippen LogP contribution in [-0.4, -0.2) is 52.2 Å². The van der Waals surface area contributed by atoms with Crippen molar-refractivity contribution < 1.29 is 33.4 Å². The monoisotopic (exact) mass is 402 g/mol. The molecule has 0 spiro atoms. The van der Waals surface area contributed by atoms with Gasteiger partial charge in [0.2, 0.25) is 11.8 Å². The maximum absolute atomic E-state index is 13.0. The Labute approximate surface area is 167 Å². The standard InChI is InChI=1S/C20H22N2O7/c1-10(19(27)29-20(2,3)4)28-13-7-5-6-11-15(13)18(26)22(17(11)25)12-8-9-14(23)21-16(12)24/h5-7,10,12H,8-9H2,1-4H3,(H,21,23,24)/t10-,12?/m0/s1. The summed E-state index contributed by atoms with van der Waals surface area (Å²) in [4.78, 5) is 62.3. The maximum Gasteiger partial charge on any atom is 0.347 e. The summed E-state index contributed by atoms with van der Waals surface area (Å²) in [5, 5.41) is 2.14. The first kappa shape index (κ1) is 20.5. The molecule has 2 aliphatic heterocycles. The Morgan fingerprint density at radius 1 is 1.17 bits per heavy atom. The molecule has 3 rings (SSSR count). The van der Waals surface area contributed by atoms with Gasteiger partial charge in [-0.05, 0) is 46.2 Å². The summed E-state index contributed by atoms with van der Waals surface area (Å²) in [6.45, 7) is 6.64. The summed E-state index contributed by atoms with van der Waals surface area (Å²) < 4.78 is 10.9. The quantitative estimate of drug-likeness (QED) is 0.594. The summed E-state index contributed by atoms with van der Waals surface area (Å²) >= 11 is 0. The van der Waals surface area contributed by atoms with Crippen LogP contribution < -0.4 is 10.1 Å². The van der Waals surface area contributed by atoms with Gasteiger partial charge in [-0.1, -0.05) is 6.07 Å². The summed E-state index contributed by atoms with van der Waals surface area (Å²) in [7, 11) is 0. The molecule has 1 aromatic carbocycles. The first-order valence-corrected chi connectivity index (χ1v) is 9.23. The minimum atomic E-state index is -1.07. The normalized spacial score (nSPS) is 20.3. The second kappa shape index (κ2) is 7.31. The van der Waals surface area contributed by atoms with Gasteiger partial charge in [-0.3, -0.25) is 29.4 Å². The zero-order valence-electron chi connectivity index (χ0n) is 16.6. The molecule has 2 atom stereocenters. The van der Waals surface area contributed by atoms with Crippen LogP contribution in [0.15, 0.2) is 18.2 Å². The average molecular weight is 402 g/mol. The fourth-order valence-electron chi connectivity index (χ4n) is 3.21. The molecule has 1 fully saturated rings. The van der Waals surface area contributed by atoms with Crippen molar-refractivity contribution in [1.29, 1.82) is 0 Å². The number of nitrogens with zero attached hydrogens (tertiary/aromatic N) is 1. The molecule has 0 radical (unpaired) electrons. The van der Waals surface area contributed by atoms with Gasteiger partial charge in [-0.15, -0.1) is 0 Å². The number of carbonyl (C=O) groups excluding carboxylic acids is 5. The molecule has 29 heavy (non-hydrogen) atoms. The molecule has 2 heterocycles. The Kier molecular flexibility index (Phi) is 5.16. The Morgan fingerprint density at radius 3 is 2.48 bits per heavy atom. The van der Waals surface area contributed by atoms with E-state index in [-0.39, 0.29) is 29.7 Å². The second-order valence-corrected chi connectivity index (χ2v) is 7.92. The molecule has 9 heteroatoms. The number of esters is 1. The first-order chi connectivity index (χ1) is 13.5. The summed E-state index contributed by atoms with van der Waals surface area (Å²) in [6, 6.07) is 3.37. The molecular weight excluding hydrogens is 380 g/mol. The van der Waals surface area contributed by atoms with Crippen LogP contribution in [0.2, 0.25) is 0 Å². The van der Waals surface area contributed by atoms with E-state index in [1.54, 1.807) is 20.8 Å². The van der Waals surface area contributed by atoms with E-state index >= 15 is 0 Å². The number of carbonyl (C=O) groups is 5. The van der Waals surface area contributed by atoms with Crippen molar-refractivity contribution in [1.82, 2.24) is 10.2 Å². The third-order valence-electron chi connectivity index (χ3n) is 4.47. The number of hydrogen-bond donors (Lipinski definition) is 1. The molecule has 0 aromatic heterocycles. The molecule has 1 aromatic rings. The number of imide groups is 2. The van der Waals surface area contributed by atoms with Crippen LogP contribution >= 0.6 is 0 Å². The van der Waals surface area contributed by atoms with Crippen LogP contribution in [0.4, 0.5) is 0 Å². The molecule has 0 saturated carbocycles. The van der Waals surface area contributed by atoms with E-state index in [1.807, 2.05) is 0 Å².